The summed E-state index contributed by atoms with van der Waals surface area (Å²) in [6.07, 6.45) is 0. The summed E-state index contributed by atoms with van der Waals surface area (Å²) < 4.78 is 5.30. The minimum Gasteiger partial charge on any atom is -0.484 e. The summed E-state index contributed by atoms with van der Waals surface area (Å²) in [5, 5.41) is 12.6. The Morgan fingerprint density at radius 2 is 2.00 bits per heavy atom. The van der Waals surface area contributed by atoms with E-state index in [9.17, 15) is 9.59 Å². The van der Waals surface area contributed by atoms with Gasteiger partial charge in [0, 0.05) is 5.02 Å². The Hall–Kier alpha value is -2.05. The van der Waals surface area contributed by atoms with Crippen molar-refractivity contribution in [3.63, 3.8) is 0 Å². The predicted octanol–water partition coefficient (Wildman–Crippen LogP) is 3.43. The molecular weight excluding hydrogens is 314 g/mol. The fourth-order valence-corrected chi connectivity index (χ4v) is 2.66. The molecule has 1 aromatic carbocycles. The molecule has 110 valence electrons. The van der Waals surface area contributed by atoms with Crippen LogP contribution in [0.5, 0.6) is 5.75 Å². The third-order valence-corrected chi connectivity index (χ3v) is 3.95. The number of amides is 1. The number of ether oxygens (including phenoxy) is 1. The molecule has 0 radical (unpaired) electrons. The van der Waals surface area contributed by atoms with Crippen LogP contribution in [0.3, 0.4) is 0 Å². The number of benzene rings is 1. The van der Waals surface area contributed by atoms with Crippen LogP contribution in [0.2, 0.25) is 5.02 Å². The van der Waals surface area contributed by atoms with Crippen molar-refractivity contribution in [2.24, 2.45) is 0 Å². The van der Waals surface area contributed by atoms with Gasteiger partial charge in [0.15, 0.2) is 6.61 Å². The van der Waals surface area contributed by atoms with E-state index in [0.29, 0.717) is 21.3 Å². The smallest absolute Gasteiger partial charge is 0.346 e. The van der Waals surface area contributed by atoms with Crippen molar-refractivity contribution in [1.82, 2.24) is 0 Å². The second-order valence-electron chi connectivity index (χ2n) is 4.22. The minimum absolute atomic E-state index is 0.166. The molecule has 1 aromatic heterocycles. The molecule has 7 heteroatoms. The quantitative estimate of drug-likeness (QED) is 0.883. The molecule has 2 N–H and O–H groups in total. The molecule has 2 rings (SSSR count). The first-order valence-corrected chi connectivity index (χ1v) is 7.17. The number of anilines is 1. The van der Waals surface area contributed by atoms with Gasteiger partial charge in [-0.25, -0.2) is 4.79 Å². The van der Waals surface area contributed by atoms with Gasteiger partial charge in [0.1, 0.15) is 10.6 Å². The van der Waals surface area contributed by atoms with E-state index in [4.69, 9.17) is 21.4 Å². The average Bonchev–Trinajstić information content (AvgIpc) is 2.79. The van der Waals surface area contributed by atoms with Crippen LogP contribution < -0.4 is 10.1 Å². The summed E-state index contributed by atoms with van der Waals surface area (Å²) in [7, 11) is 0. The highest BCUT2D eigenvalue weighted by Gasteiger charge is 2.13. The van der Waals surface area contributed by atoms with E-state index in [-0.39, 0.29) is 17.4 Å². The number of aromatic carboxylic acids is 1. The molecule has 1 amide bonds. The molecule has 0 saturated heterocycles. The highest BCUT2D eigenvalue weighted by atomic mass is 35.5. The summed E-state index contributed by atoms with van der Waals surface area (Å²) in [5.74, 6) is -0.832. The van der Waals surface area contributed by atoms with Gasteiger partial charge < -0.3 is 15.2 Å². The minimum atomic E-state index is -1.00. The Morgan fingerprint density at radius 1 is 1.33 bits per heavy atom. The SMILES string of the molecule is Cc1cc(NC(=O)COc2ccc(Cl)cc2)sc1C(=O)O. The first-order valence-electron chi connectivity index (χ1n) is 5.97. The highest BCUT2D eigenvalue weighted by Crippen LogP contribution is 2.26. The maximum absolute atomic E-state index is 11.7. The second kappa shape index (κ2) is 6.60. The van der Waals surface area contributed by atoms with E-state index in [0.717, 1.165) is 11.3 Å². The first-order chi connectivity index (χ1) is 9.95. The van der Waals surface area contributed by atoms with E-state index in [1.807, 2.05) is 0 Å². The van der Waals surface area contributed by atoms with Gasteiger partial charge in [-0.1, -0.05) is 11.6 Å². The maximum Gasteiger partial charge on any atom is 0.346 e. The van der Waals surface area contributed by atoms with Gasteiger partial charge in [-0.3, -0.25) is 4.79 Å². The molecule has 0 atom stereocenters. The van der Waals surface area contributed by atoms with Crippen LogP contribution in [-0.4, -0.2) is 23.6 Å². The zero-order valence-electron chi connectivity index (χ0n) is 11.1. The van der Waals surface area contributed by atoms with Crippen LogP contribution in [0.25, 0.3) is 0 Å². The van der Waals surface area contributed by atoms with Crippen molar-refractivity contribution >= 4 is 39.8 Å². The number of carboxylic acid groups (broad SMARTS) is 1. The zero-order valence-corrected chi connectivity index (χ0v) is 12.6. The monoisotopic (exact) mass is 325 g/mol. The summed E-state index contributed by atoms with van der Waals surface area (Å²) in [6, 6.07) is 8.27. The number of carbonyl (C=O) groups is 2. The lowest BCUT2D eigenvalue weighted by Gasteiger charge is -2.06. The van der Waals surface area contributed by atoms with Crippen molar-refractivity contribution in [3.05, 3.63) is 45.8 Å². The lowest BCUT2D eigenvalue weighted by atomic mass is 10.3. The molecule has 0 aliphatic carbocycles. The van der Waals surface area contributed by atoms with Crippen LogP contribution in [0.15, 0.2) is 30.3 Å². The average molecular weight is 326 g/mol. The molecule has 0 aliphatic heterocycles. The summed E-state index contributed by atoms with van der Waals surface area (Å²) in [6.45, 7) is 1.51. The topological polar surface area (TPSA) is 75.6 Å². The van der Waals surface area contributed by atoms with E-state index < -0.39 is 5.97 Å². The number of rotatable bonds is 5. The van der Waals surface area contributed by atoms with Crippen molar-refractivity contribution in [3.8, 4) is 5.75 Å². The highest BCUT2D eigenvalue weighted by molar-refractivity contribution is 7.18. The number of aryl methyl sites for hydroxylation is 1. The van der Waals surface area contributed by atoms with Crippen molar-refractivity contribution in [2.45, 2.75) is 6.92 Å². The fraction of sp³-hybridized carbons (Fsp3) is 0.143. The molecule has 21 heavy (non-hydrogen) atoms. The largest absolute Gasteiger partial charge is 0.484 e. The Labute approximate surface area is 130 Å². The number of carbonyl (C=O) groups excluding carboxylic acids is 1. The third kappa shape index (κ3) is 4.21. The second-order valence-corrected chi connectivity index (χ2v) is 5.71. The third-order valence-electron chi connectivity index (χ3n) is 2.56. The van der Waals surface area contributed by atoms with Gasteiger partial charge >= 0.3 is 5.97 Å². The molecule has 0 fully saturated rings. The van der Waals surface area contributed by atoms with Gasteiger partial charge in [-0.15, -0.1) is 11.3 Å². The Balaban J connectivity index is 1.91. The van der Waals surface area contributed by atoms with Gasteiger partial charge in [-0.2, -0.15) is 0 Å². The number of nitrogens with one attached hydrogen (secondary N) is 1. The van der Waals surface area contributed by atoms with Gasteiger partial charge in [-0.05, 0) is 42.8 Å². The molecule has 0 aliphatic rings. The van der Waals surface area contributed by atoms with Crippen LogP contribution in [0, 0.1) is 6.92 Å². The molecule has 5 nitrogen and oxygen atoms in total. The Bertz CT molecular complexity index is 666. The summed E-state index contributed by atoms with van der Waals surface area (Å²) in [4.78, 5) is 22.9. The van der Waals surface area contributed by atoms with Crippen LogP contribution in [-0.2, 0) is 4.79 Å². The molecule has 0 saturated carbocycles. The maximum atomic E-state index is 11.7. The van der Waals surface area contributed by atoms with E-state index in [1.165, 1.54) is 0 Å². The van der Waals surface area contributed by atoms with Crippen LogP contribution in [0.1, 0.15) is 15.2 Å². The van der Waals surface area contributed by atoms with Gasteiger partial charge in [0.25, 0.3) is 5.91 Å². The standard InChI is InChI=1S/C14H12ClNO4S/c1-8-6-12(21-13(8)14(18)19)16-11(17)7-20-10-4-2-9(15)3-5-10/h2-6H,7H2,1H3,(H,16,17)(H,18,19). The number of carboxylic acids is 1. The molecule has 0 unspecified atom stereocenters. The van der Waals surface area contributed by atoms with Gasteiger partial charge in [0.05, 0.1) is 5.00 Å². The van der Waals surface area contributed by atoms with Crippen molar-refractivity contribution < 1.29 is 19.4 Å². The van der Waals surface area contributed by atoms with E-state index >= 15 is 0 Å². The lowest BCUT2D eigenvalue weighted by molar-refractivity contribution is -0.118. The van der Waals surface area contributed by atoms with Crippen LogP contribution >= 0.6 is 22.9 Å². The molecular formula is C14H12ClNO4S. The zero-order chi connectivity index (χ0) is 15.4. The number of hydrogen-bond donors (Lipinski definition) is 2. The van der Waals surface area contributed by atoms with Crippen molar-refractivity contribution in [1.29, 1.82) is 0 Å². The molecule has 1 heterocycles. The lowest BCUT2D eigenvalue weighted by Crippen LogP contribution is -2.19. The van der Waals surface area contributed by atoms with Gasteiger partial charge in [0.2, 0.25) is 0 Å². The fourth-order valence-electron chi connectivity index (χ4n) is 1.61. The number of hydrogen-bond acceptors (Lipinski definition) is 4. The Morgan fingerprint density at radius 3 is 2.57 bits per heavy atom. The Kier molecular flexibility index (Phi) is 4.82. The predicted molar refractivity (Wildman–Crippen MR) is 81.6 cm³/mol. The first kappa shape index (κ1) is 15.3. The van der Waals surface area contributed by atoms with Crippen molar-refractivity contribution in [2.75, 3.05) is 11.9 Å². The summed E-state index contributed by atoms with van der Waals surface area (Å²) in [5.41, 5.74) is 0.612. The molecule has 0 bridgehead atoms. The van der Waals surface area contributed by atoms with Crippen LogP contribution in [0.4, 0.5) is 5.00 Å². The van der Waals surface area contributed by atoms with E-state index in [1.54, 1.807) is 37.3 Å². The van der Waals surface area contributed by atoms with E-state index in [2.05, 4.69) is 5.32 Å². The molecule has 2 aromatic rings. The number of halogens is 1. The summed E-state index contributed by atoms with van der Waals surface area (Å²) >= 11 is 6.76. The number of thiophene rings is 1. The molecule has 0 spiro atoms. The normalized spacial score (nSPS) is 10.2.